The van der Waals surface area contributed by atoms with Crippen LogP contribution in [0.25, 0.3) is 0 Å². The maximum absolute atomic E-state index is 3.68. The molecule has 0 nitrogen and oxygen atoms in total. The molecule has 0 amide bonds. The molecule has 0 unspecified atom stereocenters. The fraction of sp³-hybridized carbons (Fsp3) is 0.714. The summed E-state index contributed by atoms with van der Waals surface area (Å²) in [5.41, 5.74) is 0. The summed E-state index contributed by atoms with van der Waals surface area (Å²) >= 11 is 0. The number of hydrogen-bond donors (Lipinski definition) is 0. The van der Waals surface area contributed by atoms with Gasteiger partial charge in [-0.25, -0.2) is 0 Å². The van der Waals surface area contributed by atoms with E-state index in [1.54, 1.807) is 0 Å². The van der Waals surface area contributed by atoms with Crippen LogP contribution in [-0.2, 0) is 0 Å². The van der Waals surface area contributed by atoms with Crippen molar-refractivity contribution in [3.05, 3.63) is 12.7 Å². The summed E-state index contributed by atoms with van der Waals surface area (Å²) in [5, 5.41) is 0. The number of hydrogen-bond acceptors (Lipinski definition) is 0. The van der Waals surface area contributed by atoms with E-state index in [1.165, 1.54) is 0 Å². The van der Waals surface area contributed by atoms with Crippen molar-refractivity contribution in [2.45, 2.75) is 26.1 Å². The van der Waals surface area contributed by atoms with Gasteiger partial charge < -0.3 is 0 Å². The summed E-state index contributed by atoms with van der Waals surface area (Å²) in [4.78, 5) is 0. The average Bonchev–Trinajstić information content (AvgIpc) is 1.67. The molecule has 46 valence electrons. The lowest BCUT2D eigenvalue weighted by Gasteiger charge is -2.11. The molecule has 0 rings (SSSR count). The van der Waals surface area contributed by atoms with Crippen molar-refractivity contribution in [1.29, 1.82) is 0 Å². The predicted molar refractivity (Wildman–Crippen MR) is 41.9 cm³/mol. The minimum Gasteiger partial charge on any atom is -0.103 e. The van der Waals surface area contributed by atoms with E-state index in [2.05, 4.69) is 28.3 Å². The minimum absolute atomic E-state index is 0.799. The van der Waals surface area contributed by atoms with Gasteiger partial charge in [-0.15, -0.1) is 6.58 Å². The fourth-order valence-corrected chi connectivity index (χ4v) is 0.535. The lowest BCUT2D eigenvalue weighted by Crippen LogP contribution is -1.99. The molecule has 0 radical (unpaired) electrons. The summed E-state index contributed by atoms with van der Waals surface area (Å²) in [6.45, 7) is 8.18. The third kappa shape index (κ3) is 2.89. The molecule has 0 aliphatic carbocycles. The standard InChI is InChI=1S/C7H15B/c1-4-5-6(2)7(3)8/h4,6-7H,1,5,8H2,2-3H3/t6-,7-/m0/s1. The Hall–Kier alpha value is -0.195. The highest BCUT2D eigenvalue weighted by Crippen LogP contribution is 2.16. The van der Waals surface area contributed by atoms with Crippen LogP contribution >= 0.6 is 0 Å². The smallest absolute Gasteiger partial charge is 0.103 e. The Balaban J connectivity index is 3.30. The molecular formula is C7H15B. The van der Waals surface area contributed by atoms with E-state index in [9.17, 15) is 0 Å². The molecule has 0 aliphatic heterocycles. The van der Waals surface area contributed by atoms with Gasteiger partial charge in [-0.1, -0.05) is 25.7 Å². The van der Waals surface area contributed by atoms with Gasteiger partial charge in [0.2, 0.25) is 0 Å². The number of rotatable bonds is 3. The summed E-state index contributed by atoms with van der Waals surface area (Å²) in [5.74, 6) is 1.60. The quantitative estimate of drug-likeness (QED) is 0.382. The van der Waals surface area contributed by atoms with Crippen LogP contribution in [0.1, 0.15) is 20.3 Å². The van der Waals surface area contributed by atoms with E-state index in [0.717, 1.165) is 18.2 Å². The molecule has 1 heteroatoms. The topological polar surface area (TPSA) is 0 Å². The van der Waals surface area contributed by atoms with Gasteiger partial charge >= 0.3 is 0 Å². The molecule has 0 spiro atoms. The Kier molecular flexibility index (Phi) is 3.67. The van der Waals surface area contributed by atoms with Crippen molar-refractivity contribution in [1.82, 2.24) is 0 Å². The Morgan fingerprint density at radius 2 is 2.12 bits per heavy atom. The Morgan fingerprint density at radius 1 is 1.62 bits per heavy atom. The maximum Gasteiger partial charge on any atom is 0.105 e. The summed E-state index contributed by atoms with van der Waals surface area (Å²) < 4.78 is 0. The molecule has 0 aromatic rings. The zero-order valence-electron chi connectivity index (χ0n) is 6.15. The highest BCUT2D eigenvalue weighted by atomic mass is 14.0. The molecule has 0 N–H and O–H groups in total. The monoisotopic (exact) mass is 110 g/mol. The lowest BCUT2D eigenvalue weighted by atomic mass is 9.78. The van der Waals surface area contributed by atoms with E-state index < -0.39 is 0 Å². The molecule has 2 atom stereocenters. The molecule has 0 aliphatic rings. The zero-order valence-corrected chi connectivity index (χ0v) is 6.15. The maximum atomic E-state index is 3.68. The first-order valence-corrected chi connectivity index (χ1v) is 3.29. The molecule has 0 aromatic heterocycles. The van der Waals surface area contributed by atoms with Gasteiger partial charge in [-0.05, 0) is 12.3 Å². The zero-order chi connectivity index (χ0) is 6.57. The Morgan fingerprint density at radius 3 is 2.25 bits per heavy atom. The molecule has 0 aromatic carbocycles. The van der Waals surface area contributed by atoms with Gasteiger partial charge in [-0.3, -0.25) is 0 Å². The summed E-state index contributed by atoms with van der Waals surface area (Å²) in [6, 6.07) is 0. The second-order valence-corrected chi connectivity index (χ2v) is 2.75. The second kappa shape index (κ2) is 3.76. The third-order valence-electron chi connectivity index (χ3n) is 1.68. The van der Waals surface area contributed by atoms with Crippen LogP contribution in [0.5, 0.6) is 0 Å². The van der Waals surface area contributed by atoms with Gasteiger partial charge in [0.1, 0.15) is 7.85 Å². The SMILES string of the molecule is B[C@@H](C)[C@@H](C)CC=C. The fourth-order valence-electron chi connectivity index (χ4n) is 0.535. The van der Waals surface area contributed by atoms with Gasteiger partial charge in [0, 0.05) is 0 Å². The van der Waals surface area contributed by atoms with Crippen LogP contribution in [0.15, 0.2) is 12.7 Å². The predicted octanol–water partition coefficient (Wildman–Crippen LogP) is 1.64. The van der Waals surface area contributed by atoms with Crippen molar-refractivity contribution in [3.63, 3.8) is 0 Å². The molecular weight excluding hydrogens is 94.9 g/mol. The van der Waals surface area contributed by atoms with Crippen LogP contribution < -0.4 is 0 Å². The highest BCUT2D eigenvalue weighted by Gasteiger charge is 2.02. The molecule has 0 fully saturated rings. The molecule has 0 saturated carbocycles. The first kappa shape index (κ1) is 7.80. The van der Waals surface area contributed by atoms with Crippen molar-refractivity contribution in [2.24, 2.45) is 5.92 Å². The van der Waals surface area contributed by atoms with Crippen molar-refractivity contribution in [2.75, 3.05) is 0 Å². The first-order valence-electron chi connectivity index (χ1n) is 3.29. The van der Waals surface area contributed by atoms with Crippen LogP contribution in [0.2, 0.25) is 5.82 Å². The van der Waals surface area contributed by atoms with Crippen LogP contribution in [-0.4, -0.2) is 7.85 Å². The van der Waals surface area contributed by atoms with Crippen molar-refractivity contribution in [3.8, 4) is 0 Å². The Labute approximate surface area is 53.4 Å². The average molecular weight is 110 g/mol. The van der Waals surface area contributed by atoms with Crippen LogP contribution in [0, 0.1) is 5.92 Å². The van der Waals surface area contributed by atoms with Crippen molar-refractivity contribution < 1.29 is 0 Å². The van der Waals surface area contributed by atoms with E-state index in [4.69, 9.17) is 0 Å². The van der Waals surface area contributed by atoms with E-state index in [1.807, 2.05) is 6.08 Å². The van der Waals surface area contributed by atoms with Crippen LogP contribution in [0.3, 0.4) is 0 Å². The normalized spacial score (nSPS) is 17.2. The molecule has 8 heavy (non-hydrogen) atoms. The van der Waals surface area contributed by atoms with Gasteiger partial charge in [-0.2, -0.15) is 0 Å². The van der Waals surface area contributed by atoms with E-state index in [-0.39, 0.29) is 0 Å². The third-order valence-corrected chi connectivity index (χ3v) is 1.68. The second-order valence-electron chi connectivity index (χ2n) is 2.75. The first-order chi connectivity index (χ1) is 3.68. The van der Waals surface area contributed by atoms with Crippen molar-refractivity contribution >= 4 is 7.85 Å². The summed E-state index contributed by atoms with van der Waals surface area (Å²) in [6.07, 6.45) is 3.14. The molecule has 0 heterocycles. The van der Waals surface area contributed by atoms with E-state index >= 15 is 0 Å². The van der Waals surface area contributed by atoms with Gasteiger partial charge in [0.25, 0.3) is 0 Å². The lowest BCUT2D eigenvalue weighted by molar-refractivity contribution is 0.572. The summed E-state index contributed by atoms with van der Waals surface area (Å²) in [7, 11) is 2.24. The molecule has 0 bridgehead atoms. The van der Waals surface area contributed by atoms with Gasteiger partial charge in [0.15, 0.2) is 0 Å². The van der Waals surface area contributed by atoms with Gasteiger partial charge in [0.05, 0.1) is 0 Å². The Bertz CT molecular complexity index is 66.8. The largest absolute Gasteiger partial charge is 0.105 e. The number of allylic oxidation sites excluding steroid dienone is 1. The van der Waals surface area contributed by atoms with Crippen LogP contribution in [0.4, 0.5) is 0 Å². The molecule has 0 saturated heterocycles. The highest BCUT2D eigenvalue weighted by molar-refractivity contribution is 6.11. The van der Waals surface area contributed by atoms with E-state index in [0.29, 0.717) is 0 Å². The minimum atomic E-state index is 0.799.